The number of hydrogen-bond acceptors (Lipinski definition) is 1. The van der Waals surface area contributed by atoms with Gasteiger partial charge in [-0.1, -0.05) is 30.3 Å². The highest BCUT2D eigenvalue weighted by Crippen LogP contribution is 2.46. The summed E-state index contributed by atoms with van der Waals surface area (Å²) >= 11 is 0. The summed E-state index contributed by atoms with van der Waals surface area (Å²) in [7, 11) is 0. The fourth-order valence-electron chi connectivity index (χ4n) is 3.65. The molecule has 2 N–H and O–H groups in total. The Morgan fingerprint density at radius 2 is 1.59 bits per heavy atom. The van der Waals surface area contributed by atoms with Crippen molar-refractivity contribution in [2.45, 2.75) is 43.9 Å². The molecule has 0 saturated carbocycles. The lowest BCUT2D eigenvalue weighted by Crippen LogP contribution is -2.46. The molecule has 144 valence electrons. The van der Waals surface area contributed by atoms with E-state index in [-0.39, 0.29) is 12.0 Å². The van der Waals surface area contributed by atoms with E-state index in [9.17, 15) is 22.7 Å². The fourth-order valence-corrected chi connectivity index (χ4v) is 3.65. The summed E-state index contributed by atoms with van der Waals surface area (Å²) in [6.45, 7) is 2.44. The lowest BCUT2D eigenvalue weighted by atomic mass is 9.72. The number of aromatic amines is 1. The summed E-state index contributed by atoms with van der Waals surface area (Å²) in [5, 5.41) is 11.7. The van der Waals surface area contributed by atoms with Crippen LogP contribution in [0.1, 0.15) is 31.5 Å². The number of aromatic nitrogens is 1. The standard InChI is InChI=1S/C21H21F4NO/c1-19(27,12-17-11-14-5-3-4-6-18(14)26-17)13-20(2,21(23,24)25)15-7-9-16(22)10-8-15/h3-11,26-27H,12-13H2,1-2H3. The number of halogens is 4. The molecule has 6 heteroatoms. The Morgan fingerprint density at radius 1 is 0.963 bits per heavy atom. The van der Waals surface area contributed by atoms with Gasteiger partial charge < -0.3 is 10.1 Å². The molecule has 0 radical (unpaired) electrons. The highest BCUT2D eigenvalue weighted by atomic mass is 19.4. The van der Waals surface area contributed by atoms with Gasteiger partial charge in [-0.15, -0.1) is 0 Å². The van der Waals surface area contributed by atoms with Crippen molar-refractivity contribution in [3.8, 4) is 0 Å². The number of hydrogen-bond donors (Lipinski definition) is 2. The third kappa shape index (κ3) is 4.00. The molecular formula is C21H21F4NO. The van der Waals surface area contributed by atoms with Crippen LogP contribution in [-0.4, -0.2) is 21.9 Å². The van der Waals surface area contributed by atoms with Crippen molar-refractivity contribution < 1.29 is 22.7 Å². The van der Waals surface area contributed by atoms with E-state index in [4.69, 9.17) is 0 Å². The van der Waals surface area contributed by atoms with Crippen LogP contribution in [0.5, 0.6) is 0 Å². The summed E-state index contributed by atoms with van der Waals surface area (Å²) in [6.07, 6.45) is -5.12. The smallest absolute Gasteiger partial charge is 0.390 e. The maximum atomic E-state index is 13.9. The normalized spacial score (nSPS) is 16.9. The summed E-state index contributed by atoms with van der Waals surface area (Å²) in [4.78, 5) is 3.13. The zero-order chi connectivity index (χ0) is 19.9. The van der Waals surface area contributed by atoms with Crippen LogP contribution >= 0.6 is 0 Å². The Labute approximate surface area is 154 Å². The quantitative estimate of drug-likeness (QED) is 0.564. The van der Waals surface area contributed by atoms with Gasteiger partial charge in [0.2, 0.25) is 0 Å². The molecule has 3 rings (SSSR count). The first-order valence-electron chi connectivity index (χ1n) is 8.62. The molecule has 0 aliphatic carbocycles. The molecule has 0 spiro atoms. The highest BCUT2D eigenvalue weighted by molar-refractivity contribution is 5.80. The third-order valence-electron chi connectivity index (χ3n) is 5.00. The maximum absolute atomic E-state index is 13.9. The molecule has 0 amide bonds. The molecule has 0 bridgehead atoms. The van der Waals surface area contributed by atoms with Crippen LogP contribution in [0, 0.1) is 5.82 Å². The van der Waals surface area contributed by atoms with E-state index in [1.54, 1.807) is 0 Å². The maximum Gasteiger partial charge on any atom is 0.398 e. The van der Waals surface area contributed by atoms with Crippen molar-refractivity contribution >= 4 is 10.9 Å². The Hall–Kier alpha value is -2.34. The molecule has 2 nitrogen and oxygen atoms in total. The highest BCUT2D eigenvalue weighted by Gasteiger charge is 2.54. The molecule has 0 saturated heterocycles. The van der Waals surface area contributed by atoms with Crippen LogP contribution < -0.4 is 0 Å². The molecule has 0 aliphatic heterocycles. The number of aliphatic hydroxyl groups is 1. The van der Waals surface area contributed by atoms with E-state index in [1.807, 2.05) is 30.3 Å². The minimum absolute atomic E-state index is 0.0363. The molecule has 2 unspecified atom stereocenters. The third-order valence-corrected chi connectivity index (χ3v) is 5.00. The summed E-state index contributed by atoms with van der Waals surface area (Å²) in [5.41, 5.74) is -2.49. The number of fused-ring (bicyclic) bond motifs is 1. The van der Waals surface area contributed by atoms with E-state index >= 15 is 0 Å². The van der Waals surface area contributed by atoms with Crippen molar-refractivity contribution in [3.05, 3.63) is 71.7 Å². The Kier molecular flexibility index (Phi) is 4.80. The molecule has 1 heterocycles. The van der Waals surface area contributed by atoms with Gasteiger partial charge in [0.05, 0.1) is 11.0 Å². The van der Waals surface area contributed by atoms with Crippen LogP contribution in [0.2, 0.25) is 0 Å². The molecule has 1 aromatic heterocycles. The molecule has 27 heavy (non-hydrogen) atoms. The van der Waals surface area contributed by atoms with Crippen LogP contribution in [0.4, 0.5) is 17.6 Å². The van der Waals surface area contributed by atoms with E-state index in [1.165, 1.54) is 6.92 Å². The minimum atomic E-state index is -4.60. The van der Waals surface area contributed by atoms with E-state index < -0.39 is 29.4 Å². The van der Waals surface area contributed by atoms with Gasteiger partial charge >= 0.3 is 6.18 Å². The van der Waals surface area contributed by atoms with Crippen molar-refractivity contribution in [3.63, 3.8) is 0 Å². The number of alkyl halides is 3. The molecular weight excluding hydrogens is 358 g/mol. The Balaban J connectivity index is 1.90. The first kappa shape index (κ1) is 19.4. The van der Waals surface area contributed by atoms with Gasteiger partial charge in [0, 0.05) is 17.6 Å². The monoisotopic (exact) mass is 379 g/mol. The van der Waals surface area contributed by atoms with E-state index in [0.717, 1.165) is 42.1 Å². The average Bonchev–Trinajstić information content (AvgIpc) is 2.95. The number of nitrogens with one attached hydrogen (secondary N) is 1. The Bertz CT molecular complexity index is 894. The number of H-pyrrole nitrogens is 1. The van der Waals surface area contributed by atoms with Gasteiger partial charge in [-0.25, -0.2) is 4.39 Å². The average molecular weight is 379 g/mol. The second kappa shape index (κ2) is 6.68. The summed E-state index contributed by atoms with van der Waals surface area (Å²) < 4.78 is 54.9. The van der Waals surface area contributed by atoms with Gasteiger partial charge in [0.15, 0.2) is 0 Å². The summed E-state index contributed by atoms with van der Waals surface area (Å²) in [5.74, 6) is -0.604. The molecule has 3 aromatic rings. The number of para-hydroxylation sites is 1. The second-order valence-electron chi connectivity index (χ2n) is 7.57. The predicted octanol–water partition coefficient (Wildman–Crippen LogP) is 5.51. The predicted molar refractivity (Wildman–Crippen MR) is 97.1 cm³/mol. The SMILES string of the molecule is CC(O)(Cc1cc2ccccc2[nH]1)CC(C)(c1ccc(F)cc1)C(F)(F)F. The van der Waals surface area contributed by atoms with Gasteiger partial charge in [0.1, 0.15) is 5.82 Å². The molecule has 0 aliphatic rings. The van der Waals surface area contributed by atoms with Crippen LogP contribution in [0.15, 0.2) is 54.6 Å². The topological polar surface area (TPSA) is 36.0 Å². The van der Waals surface area contributed by atoms with Gasteiger partial charge in [-0.2, -0.15) is 13.2 Å². The van der Waals surface area contributed by atoms with Crippen LogP contribution in [-0.2, 0) is 11.8 Å². The zero-order valence-corrected chi connectivity index (χ0v) is 15.1. The van der Waals surface area contributed by atoms with Crippen molar-refractivity contribution in [2.24, 2.45) is 0 Å². The van der Waals surface area contributed by atoms with Crippen molar-refractivity contribution in [1.82, 2.24) is 4.98 Å². The minimum Gasteiger partial charge on any atom is -0.390 e. The van der Waals surface area contributed by atoms with Crippen molar-refractivity contribution in [2.75, 3.05) is 0 Å². The number of benzene rings is 2. The molecule has 0 fully saturated rings. The molecule has 2 aromatic carbocycles. The Morgan fingerprint density at radius 3 is 2.19 bits per heavy atom. The first-order chi connectivity index (χ1) is 12.5. The largest absolute Gasteiger partial charge is 0.398 e. The second-order valence-corrected chi connectivity index (χ2v) is 7.57. The lowest BCUT2D eigenvalue weighted by molar-refractivity contribution is -0.199. The van der Waals surface area contributed by atoms with Crippen LogP contribution in [0.3, 0.4) is 0 Å². The summed E-state index contributed by atoms with van der Waals surface area (Å²) in [6, 6.07) is 13.6. The van der Waals surface area contributed by atoms with E-state index in [0.29, 0.717) is 5.69 Å². The van der Waals surface area contributed by atoms with Crippen LogP contribution in [0.25, 0.3) is 10.9 Å². The van der Waals surface area contributed by atoms with Gasteiger partial charge in [-0.3, -0.25) is 0 Å². The van der Waals surface area contributed by atoms with Gasteiger partial charge in [-0.05, 0) is 55.5 Å². The van der Waals surface area contributed by atoms with E-state index in [2.05, 4.69) is 4.98 Å². The van der Waals surface area contributed by atoms with Crippen molar-refractivity contribution in [1.29, 1.82) is 0 Å². The zero-order valence-electron chi connectivity index (χ0n) is 15.1. The van der Waals surface area contributed by atoms with Gasteiger partial charge in [0.25, 0.3) is 0 Å². The first-order valence-corrected chi connectivity index (χ1v) is 8.62. The number of rotatable bonds is 5. The fraction of sp³-hybridized carbons (Fsp3) is 0.333. The molecule has 2 atom stereocenters. The lowest BCUT2D eigenvalue weighted by Gasteiger charge is -2.38.